The molecule has 0 unspecified atom stereocenters. The van der Waals surface area contributed by atoms with Crippen molar-refractivity contribution in [3.05, 3.63) is 76.6 Å². The Bertz CT molecular complexity index is 2020. The highest BCUT2D eigenvalue weighted by molar-refractivity contribution is 5.84. The number of aryl methyl sites for hydroxylation is 1. The molecule has 0 atom stereocenters. The SMILES string of the molecule is CC(C)CC1(Nc2cc(-c3cc(C#N)ccc3-c3nncn3C)cc(N(C)Cc3c(C=O)cc(CN4CCC5(CCC5)C4)cc3C(F)(F)F)n2)CC1. The number of carbonyl (C=O) groups is 1. The molecule has 4 aromatic rings. The Kier molecular flexibility index (Phi) is 9.36. The summed E-state index contributed by atoms with van der Waals surface area (Å²) >= 11 is 0. The zero-order valence-electron chi connectivity index (χ0n) is 30.2. The molecule has 2 aliphatic carbocycles. The fourth-order valence-electron chi connectivity index (χ4n) is 8.30. The molecule has 2 saturated carbocycles. The second kappa shape index (κ2) is 13.7. The van der Waals surface area contributed by atoms with Crippen LogP contribution >= 0.6 is 0 Å². The van der Waals surface area contributed by atoms with Gasteiger partial charge in [-0.05, 0) is 121 Å². The zero-order chi connectivity index (χ0) is 36.8. The maximum atomic E-state index is 14.8. The highest BCUT2D eigenvalue weighted by Gasteiger charge is 2.44. The highest BCUT2D eigenvalue weighted by atomic mass is 19.4. The summed E-state index contributed by atoms with van der Waals surface area (Å²) in [5.41, 5.74) is 2.46. The Labute approximate surface area is 302 Å². The van der Waals surface area contributed by atoms with Crippen LogP contribution in [0.5, 0.6) is 0 Å². The largest absolute Gasteiger partial charge is 0.416 e. The van der Waals surface area contributed by atoms with E-state index in [0.717, 1.165) is 44.3 Å². The molecule has 12 heteroatoms. The maximum absolute atomic E-state index is 14.8. The van der Waals surface area contributed by atoms with Gasteiger partial charge in [0.1, 0.15) is 24.2 Å². The van der Waals surface area contributed by atoms with Crippen LogP contribution in [0.15, 0.2) is 48.8 Å². The first-order chi connectivity index (χ1) is 24.8. The number of anilines is 2. The van der Waals surface area contributed by atoms with Crippen LogP contribution in [-0.2, 0) is 26.3 Å². The minimum Gasteiger partial charge on any atom is -0.365 e. The van der Waals surface area contributed by atoms with Gasteiger partial charge in [-0.1, -0.05) is 20.3 Å². The third-order valence-corrected chi connectivity index (χ3v) is 11.2. The Morgan fingerprint density at radius 3 is 2.46 bits per heavy atom. The van der Waals surface area contributed by atoms with E-state index in [2.05, 4.69) is 40.3 Å². The molecule has 52 heavy (non-hydrogen) atoms. The van der Waals surface area contributed by atoms with Crippen LogP contribution in [0.2, 0.25) is 0 Å². The van der Waals surface area contributed by atoms with Gasteiger partial charge in [0, 0.05) is 50.4 Å². The lowest BCUT2D eigenvalue weighted by atomic mass is 9.68. The lowest BCUT2D eigenvalue weighted by Crippen LogP contribution is -2.33. The van der Waals surface area contributed by atoms with Gasteiger partial charge in [0.05, 0.1) is 17.2 Å². The number of aldehydes is 1. The summed E-state index contributed by atoms with van der Waals surface area (Å²) < 4.78 is 46.2. The standard InChI is InChI=1S/C40H45F3N8O/c1-26(2)19-39(10-11-39)47-35-17-29(32-15-27(20-44)6-7-31(32)37-48-45-25-50(37)4)18-36(46-35)49(3)22-33-30(23-52)14-28(16-34(33)40(41,42)43)21-51-13-12-38(24-51)8-5-9-38/h6-7,14-18,23,25-26H,5,8-13,19,21-22,24H2,1-4H3,(H,46,47). The van der Waals surface area contributed by atoms with Gasteiger partial charge in [0.25, 0.3) is 0 Å². The molecule has 3 fully saturated rings. The molecule has 0 radical (unpaired) electrons. The molecule has 1 aliphatic heterocycles. The van der Waals surface area contributed by atoms with Crippen LogP contribution in [0.4, 0.5) is 24.8 Å². The van der Waals surface area contributed by atoms with E-state index < -0.39 is 11.7 Å². The third kappa shape index (κ3) is 7.29. The molecular formula is C40H45F3N8O. The number of hydrogen-bond acceptors (Lipinski definition) is 8. The van der Waals surface area contributed by atoms with E-state index in [1.807, 2.05) is 25.2 Å². The topological polar surface area (TPSA) is 103 Å². The number of nitrogens with zero attached hydrogens (tertiary/aromatic N) is 7. The van der Waals surface area contributed by atoms with Gasteiger partial charge < -0.3 is 14.8 Å². The number of rotatable bonds is 12. The first-order valence-electron chi connectivity index (χ1n) is 18.1. The smallest absolute Gasteiger partial charge is 0.365 e. The fourth-order valence-corrected chi connectivity index (χ4v) is 8.30. The van der Waals surface area contributed by atoms with Crippen LogP contribution in [-0.4, -0.2) is 56.6 Å². The Hall–Kier alpha value is -4.76. The maximum Gasteiger partial charge on any atom is 0.416 e. The number of carbonyl (C=O) groups excluding carboxylic acids is 1. The number of hydrogen-bond donors (Lipinski definition) is 1. The van der Waals surface area contributed by atoms with Crippen molar-refractivity contribution in [1.82, 2.24) is 24.6 Å². The van der Waals surface area contributed by atoms with Crippen molar-refractivity contribution in [3.8, 4) is 28.6 Å². The van der Waals surface area contributed by atoms with Gasteiger partial charge in [-0.25, -0.2) is 4.98 Å². The van der Waals surface area contributed by atoms with Gasteiger partial charge in [-0.2, -0.15) is 18.4 Å². The molecule has 1 N–H and O–H groups in total. The Balaban J connectivity index is 1.27. The molecule has 3 heterocycles. The lowest BCUT2D eigenvalue weighted by molar-refractivity contribution is -0.138. The normalized spacial score (nSPS) is 17.6. The number of nitriles is 1. The average Bonchev–Trinajstić information content (AvgIpc) is 3.45. The van der Waals surface area contributed by atoms with Crippen LogP contribution in [0.3, 0.4) is 0 Å². The van der Waals surface area contributed by atoms with Gasteiger partial charge in [0.15, 0.2) is 5.82 Å². The zero-order valence-corrected chi connectivity index (χ0v) is 30.2. The third-order valence-electron chi connectivity index (χ3n) is 11.2. The van der Waals surface area contributed by atoms with Gasteiger partial charge in [-0.3, -0.25) is 9.69 Å². The minimum atomic E-state index is -4.66. The van der Waals surface area contributed by atoms with E-state index in [1.165, 1.54) is 25.3 Å². The van der Waals surface area contributed by atoms with Crippen LogP contribution in [0.25, 0.3) is 22.5 Å². The molecule has 9 nitrogen and oxygen atoms in total. The summed E-state index contributed by atoms with van der Waals surface area (Å²) in [4.78, 5) is 21.3. The second-order valence-electron chi connectivity index (χ2n) is 15.7. The lowest BCUT2D eigenvalue weighted by Gasteiger charge is -2.38. The molecule has 0 bridgehead atoms. The number of halogens is 3. The van der Waals surface area contributed by atoms with E-state index in [9.17, 15) is 23.2 Å². The summed E-state index contributed by atoms with van der Waals surface area (Å²) in [5.74, 6) is 2.05. The quantitative estimate of drug-likeness (QED) is 0.147. The van der Waals surface area contributed by atoms with Crippen molar-refractivity contribution in [2.24, 2.45) is 18.4 Å². The van der Waals surface area contributed by atoms with E-state index in [0.29, 0.717) is 63.9 Å². The Morgan fingerprint density at radius 1 is 1.08 bits per heavy atom. The van der Waals surface area contributed by atoms with Gasteiger partial charge in [0.2, 0.25) is 0 Å². The van der Waals surface area contributed by atoms with Crippen molar-refractivity contribution in [3.63, 3.8) is 0 Å². The molecule has 272 valence electrons. The summed E-state index contributed by atoms with van der Waals surface area (Å²) in [6, 6.07) is 14.1. The number of aromatic nitrogens is 4. The van der Waals surface area contributed by atoms with Crippen molar-refractivity contribution < 1.29 is 18.0 Å². The van der Waals surface area contributed by atoms with E-state index >= 15 is 0 Å². The number of likely N-dealkylation sites (tertiary alicyclic amines) is 1. The number of alkyl halides is 3. The van der Waals surface area contributed by atoms with Crippen molar-refractivity contribution in [2.45, 2.75) is 83.6 Å². The first kappa shape index (κ1) is 35.6. The molecule has 0 amide bonds. The van der Waals surface area contributed by atoms with Crippen LogP contribution < -0.4 is 10.2 Å². The summed E-state index contributed by atoms with van der Waals surface area (Å²) in [5, 5.41) is 21.9. The van der Waals surface area contributed by atoms with Gasteiger partial charge in [-0.15, -0.1) is 10.2 Å². The molecular weight excluding hydrogens is 665 g/mol. The summed E-state index contributed by atoms with van der Waals surface area (Å²) in [7, 11) is 3.53. The van der Waals surface area contributed by atoms with Crippen LogP contribution in [0, 0.1) is 22.7 Å². The predicted octanol–water partition coefficient (Wildman–Crippen LogP) is 8.25. The van der Waals surface area contributed by atoms with E-state index in [4.69, 9.17) is 4.98 Å². The predicted molar refractivity (Wildman–Crippen MR) is 195 cm³/mol. The highest BCUT2D eigenvalue weighted by Crippen LogP contribution is 2.48. The van der Waals surface area contributed by atoms with Gasteiger partial charge >= 0.3 is 6.18 Å². The molecule has 3 aliphatic rings. The molecule has 2 aromatic heterocycles. The Morgan fingerprint density at radius 2 is 1.87 bits per heavy atom. The molecule has 2 aromatic carbocycles. The fraction of sp³-hybridized carbons (Fsp3) is 0.475. The first-order valence-corrected chi connectivity index (χ1v) is 18.1. The molecule has 1 spiro atoms. The van der Waals surface area contributed by atoms with E-state index in [-0.39, 0.29) is 23.2 Å². The summed E-state index contributed by atoms with van der Waals surface area (Å²) in [6.07, 6.45) is 5.04. The van der Waals surface area contributed by atoms with Crippen LogP contribution in [0.1, 0.15) is 91.4 Å². The van der Waals surface area contributed by atoms with Crippen molar-refractivity contribution in [2.75, 3.05) is 30.4 Å². The number of pyridine rings is 1. The van der Waals surface area contributed by atoms with Crippen molar-refractivity contribution in [1.29, 1.82) is 5.26 Å². The number of benzene rings is 2. The molecule has 7 rings (SSSR count). The minimum absolute atomic E-state index is 0.0314. The molecule has 1 saturated heterocycles. The average molecular weight is 711 g/mol. The second-order valence-corrected chi connectivity index (χ2v) is 15.7. The van der Waals surface area contributed by atoms with Crippen molar-refractivity contribution >= 4 is 17.9 Å². The van der Waals surface area contributed by atoms with E-state index in [1.54, 1.807) is 41.0 Å². The monoisotopic (exact) mass is 710 g/mol. The summed E-state index contributed by atoms with van der Waals surface area (Å²) in [6.45, 7) is 6.28. The number of nitrogens with one attached hydrogen (secondary N) is 1.